The molecule has 3 rings (SSSR count). The summed E-state index contributed by atoms with van der Waals surface area (Å²) in [6.07, 6.45) is 1.52. The van der Waals surface area contributed by atoms with Gasteiger partial charge in [0.25, 0.3) is 0 Å². The highest BCUT2D eigenvalue weighted by molar-refractivity contribution is 6.33. The number of aromatic nitrogens is 3. The fourth-order valence-electron chi connectivity index (χ4n) is 2.52. The third-order valence-corrected chi connectivity index (χ3v) is 4.36. The van der Waals surface area contributed by atoms with Crippen LogP contribution in [0, 0.1) is 5.41 Å². The van der Waals surface area contributed by atoms with Crippen molar-refractivity contribution in [2.75, 3.05) is 32.3 Å². The predicted octanol–water partition coefficient (Wildman–Crippen LogP) is 3.11. The maximum absolute atomic E-state index is 6.29. The van der Waals surface area contributed by atoms with Crippen molar-refractivity contribution in [1.82, 2.24) is 15.0 Å². The third-order valence-electron chi connectivity index (χ3n) is 4.04. The fraction of sp³-hybridized carbons (Fsp3) is 0.529. The molecule has 0 saturated carbocycles. The molecule has 1 aromatic carbocycles. The number of halogens is 1. The highest BCUT2D eigenvalue weighted by Crippen LogP contribution is 2.32. The Bertz CT molecular complexity index is 724. The highest BCUT2D eigenvalue weighted by Gasteiger charge is 2.28. The summed E-state index contributed by atoms with van der Waals surface area (Å²) in [6.45, 7) is 6.05. The molecule has 1 aliphatic rings. The molecule has 0 amide bonds. The lowest BCUT2D eigenvalue weighted by Crippen LogP contribution is -2.39. The van der Waals surface area contributed by atoms with E-state index in [0.717, 1.165) is 11.4 Å². The first-order valence-electron chi connectivity index (χ1n) is 8.08. The van der Waals surface area contributed by atoms with E-state index >= 15 is 0 Å². The van der Waals surface area contributed by atoms with Crippen LogP contribution in [-0.4, -0.2) is 48.7 Å². The average molecular weight is 367 g/mol. The summed E-state index contributed by atoms with van der Waals surface area (Å²) >= 11 is 6.29. The Morgan fingerprint density at radius 3 is 2.76 bits per heavy atom. The van der Waals surface area contributed by atoms with Gasteiger partial charge in [-0.15, -0.1) is 5.10 Å². The molecule has 1 fully saturated rings. The lowest BCUT2D eigenvalue weighted by molar-refractivity contribution is -0.227. The van der Waals surface area contributed by atoms with Gasteiger partial charge < -0.3 is 19.1 Å². The van der Waals surface area contributed by atoms with Crippen LogP contribution in [0.15, 0.2) is 24.4 Å². The van der Waals surface area contributed by atoms with Gasteiger partial charge in [0, 0.05) is 18.5 Å². The van der Waals surface area contributed by atoms with Gasteiger partial charge in [0.15, 0.2) is 12.1 Å². The molecule has 136 valence electrons. The maximum Gasteiger partial charge on any atom is 0.177 e. The normalized spacial score (nSPS) is 17.5. The van der Waals surface area contributed by atoms with Crippen molar-refractivity contribution < 1.29 is 14.2 Å². The van der Waals surface area contributed by atoms with Crippen LogP contribution < -0.4 is 9.64 Å². The molecule has 7 nitrogen and oxygen atoms in total. The van der Waals surface area contributed by atoms with Gasteiger partial charge in [-0.1, -0.05) is 30.7 Å². The maximum atomic E-state index is 6.29. The molecule has 1 aliphatic heterocycles. The van der Waals surface area contributed by atoms with Crippen molar-refractivity contribution in [2.45, 2.75) is 26.7 Å². The van der Waals surface area contributed by atoms with Crippen LogP contribution in [0.1, 0.15) is 13.8 Å². The molecule has 0 spiro atoms. The Hall–Kier alpha value is -1.83. The second-order valence-corrected chi connectivity index (χ2v) is 7.30. The van der Waals surface area contributed by atoms with Crippen molar-refractivity contribution in [2.24, 2.45) is 5.41 Å². The quantitative estimate of drug-likeness (QED) is 0.810. The monoisotopic (exact) mass is 366 g/mol. The number of benzene rings is 1. The van der Waals surface area contributed by atoms with Gasteiger partial charge in [-0.3, -0.25) is 0 Å². The molecular weight excluding hydrogens is 344 g/mol. The SMILES string of the molecule is COc1ccc(Cl)c(N(C)c2cn(CC3OCC(C)(C)CO3)nn2)c1. The van der Waals surface area contributed by atoms with Gasteiger partial charge in [-0.05, 0) is 12.1 Å². The van der Waals surface area contributed by atoms with E-state index in [0.29, 0.717) is 30.6 Å². The van der Waals surface area contributed by atoms with E-state index in [2.05, 4.69) is 24.2 Å². The average Bonchev–Trinajstić information content (AvgIpc) is 3.05. The second-order valence-electron chi connectivity index (χ2n) is 6.89. The number of nitrogens with zero attached hydrogens (tertiary/aromatic N) is 4. The van der Waals surface area contributed by atoms with Crippen LogP contribution in [0.5, 0.6) is 5.75 Å². The van der Waals surface area contributed by atoms with Crippen LogP contribution in [-0.2, 0) is 16.0 Å². The minimum Gasteiger partial charge on any atom is -0.497 e. The van der Waals surface area contributed by atoms with Gasteiger partial charge in [0.05, 0.1) is 43.8 Å². The molecule has 0 N–H and O–H groups in total. The highest BCUT2D eigenvalue weighted by atomic mass is 35.5. The smallest absolute Gasteiger partial charge is 0.177 e. The lowest BCUT2D eigenvalue weighted by Gasteiger charge is -2.34. The van der Waals surface area contributed by atoms with Crippen LogP contribution >= 0.6 is 11.6 Å². The van der Waals surface area contributed by atoms with Crippen molar-refractivity contribution in [3.05, 3.63) is 29.4 Å². The first-order valence-corrected chi connectivity index (χ1v) is 8.46. The van der Waals surface area contributed by atoms with Crippen molar-refractivity contribution in [3.8, 4) is 5.75 Å². The Morgan fingerprint density at radius 2 is 2.08 bits per heavy atom. The minimum atomic E-state index is -0.312. The summed E-state index contributed by atoms with van der Waals surface area (Å²) in [5, 5.41) is 8.98. The molecule has 0 aliphatic carbocycles. The molecule has 0 atom stereocenters. The third kappa shape index (κ3) is 4.23. The molecule has 1 saturated heterocycles. The molecular formula is C17H23ClN4O3. The number of rotatable bonds is 5. The van der Waals surface area contributed by atoms with E-state index in [1.54, 1.807) is 17.9 Å². The first kappa shape index (κ1) is 18.0. The standard InChI is InChI=1S/C17H23ClN4O3/c1-17(2)10-24-16(25-11-17)9-22-8-15(19-20-22)21(3)14-7-12(23-4)5-6-13(14)18/h5-8,16H,9-11H2,1-4H3. The van der Waals surface area contributed by atoms with Gasteiger partial charge in [-0.25, -0.2) is 4.68 Å². The van der Waals surface area contributed by atoms with E-state index in [1.165, 1.54) is 0 Å². The molecule has 8 heteroatoms. The molecule has 0 radical (unpaired) electrons. The molecule has 0 unspecified atom stereocenters. The number of hydrogen-bond acceptors (Lipinski definition) is 6. The summed E-state index contributed by atoms with van der Waals surface area (Å²) in [5.41, 5.74) is 0.841. The van der Waals surface area contributed by atoms with E-state index < -0.39 is 0 Å². The molecule has 0 bridgehead atoms. The minimum absolute atomic E-state index is 0.0490. The number of anilines is 2. The summed E-state index contributed by atoms with van der Waals surface area (Å²) in [7, 11) is 3.50. The molecule has 2 aromatic rings. The van der Waals surface area contributed by atoms with Crippen LogP contribution in [0.3, 0.4) is 0 Å². The van der Waals surface area contributed by atoms with Crippen LogP contribution in [0.2, 0.25) is 5.02 Å². The molecule has 2 heterocycles. The number of methoxy groups -OCH3 is 1. The van der Waals surface area contributed by atoms with Crippen molar-refractivity contribution in [1.29, 1.82) is 0 Å². The first-order chi connectivity index (χ1) is 11.9. The fourth-order valence-corrected chi connectivity index (χ4v) is 2.76. The van der Waals surface area contributed by atoms with E-state index in [-0.39, 0.29) is 11.7 Å². The Balaban J connectivity index is 1.69. The largest absolute Gasteiger partial charge is 0.497 e. The lowest BCUT2D eigenvalue weighted by atomic mass is 9.96. The van der Waals surface area contributed by atoms with Crippen LogP contribution in [0.25, 0.3) is 0 Å². The van der Waals surface area contributed by atoms with E-state index in [9.17, 15) is 0 Å². The van der Waals surface area contributed by atoms with Gasteiger partial charge in [0.1, 0.15) is 5.75 Å². The Morgan fingerprint density at radius 1 is 1.36 bits per heavy atom. The second kappa shape index (κ2) is 7.19. The van der Waals surface area contributed by atoms with Crippen molar-refractivity contribution >= 4 is 23.1 Å². The van der Waals surface area contributed by atoms with Gasteiger partial charge in [0.2, 0.25) is 0 Å². The Labute approximate surface area is 152 Å². The predicted molar refractivity (Wildman–Crippen MR) is 95.6 cm³/mol. The Kier molecular flexibility index (Phi) is 5.17. The topological polar surface area (TPSA) is 61.6 Å². The molecule has 1 aromatic heterocycles. The van der Waals surface area contributed by atoms with E-state index in [4.69, 9.17) is 25.8 Å². The summed E-state index contributed by atoms with van der Waals surface area (Å²) in [4.78, 5) is 1.86. The van der Waals surface area contributed by atoms with Gasteiger partial charge >= 0.3 is 0 Å². The number of ether oxygens (including phenoxy) is 3. The summed E-state index contributed by atoms with van der Waals surface area (Å²) in [6, 6.07) is 5.47. The summed E-state index contributed by atoms with van der Waals surface area (Å²) < 4.78 is 18.4. The molecule has 25 heavy (non-hydrogen) atoms. The zero-order chi connectivity index (χ0) is 18.0. The van der Waals surface area contributed by atoms with Crippen molar-refractivity contribution in [3.63, 3.8) is 0 Å². The van der Waals surface area contributed by atoms with Gasteiger partial charge in [-0.2, -0.15) is 0 Å². The zero-order valence-electron chi connectivity index (χ0n) is 14.9. The number of hydrogen-bond donors (Lipinski definition) is 0. The van der Waals surface area contributed by atoms with E-state index in [1.807, 2.05) is 30.3 Å². The van der Waals surface area contributed by atoms with Crippen LogP contribution in [0.4, 0.5) is 11.5 Å². The zero-order valence-corrected chi connectivity index (χ0v) is 15.7. The summed E-state index contributed by atoms with van der Waals surface area (Å²) in [5.74, 6) is 1.40.